The second-order valence-electron chi connectivity index (χ2n) is 7.14. The van der Waals surface area contributed by atoms with Crippen molar-refractivity contribution in [2.45, 2.75) is 23.1 Å². The molecule has 0 bridgehead atoms. The Bertz CT molecular complexity index is 1190. The maximum absolute atomic E-state index is 13.0. The van der Waals surface area contributed by atoms with Crippen molar-refractivity contribution in [3.8, 4) is 0 Å². The SMILES string of the molecule is Cc1ccc(S(=O)(=O)CC(=O)N2CCCN2C(=O)c2ccccc2S(C)(=O)=O)cc1. The lowest BCUT2D eigenvalue weighted by Crippen LogP contribution is -2.47. The van der Waals surface area contributed by atoms with Crippen molar-refractivity contribution in [3.05, 3.63) is 59.7 Å². The second-order valence-corrected chi connectivity index (χ2v) is 11.1. The smallest absolute Gasteiger partial charge is 0.272 e. The third kappa shape index (κ3) is 4.54. The summed E-state index contributed by atoms with van der Waals surface area (Å²) in [5, 5.41) is 2.21. The summed E-state index contributed by atoms with van der Waals surface area (Å²) >= 11 is 0. The van der Waals surface area contributed by atoms with Gasteiger partial charge in [-0.1, -0.05) is 29.8 Å². The average molecular weight is 451 g/mol. The van der Waals surface area contributed by atoms with E-state index in [1.807, 2.05) is 6.92 Å². The molecule has 3 rings (SSSR count). The van der Waals surface area contributed by atoms with E-state index >= 15 is 0 Å². The van der Waals surface area contributed by atoms with Crippen LogP contribution in [0.5, 0.6) is 0 Å². The lowest BCUT2D eigenvalue weighted by molar-refractivity contribution is -0.137. The number of hydrogen-bond donors (Lipinski definition) is 0. The topological polar surface area (TPSA) is 109 Å². The normalized spacial score (nSPS) is 14.7. The van der Waals surface area contributed by atoms with Crippen molar-refractivity contribution in [1.82, 2.24) is 10.0 Å². The molecule has 1 fully saturated rings. The Morgan fingerprint density at radius 1 is 0.900 bits per heavy atom. The van der Waals surface area contributed by atoms with E-state index in [1.54, 1.807) is 12.1 Å². The summed E-state index contributed by atoms with van der Waals surface area (Å²) in [7, 11) is -7.54. The molecule has 2 aromatic carbocycles. The first kappa shape index (κ1) is 22.0. The van der Waals surface area contributed by atoms with Gasteiger partial charge in [0.15, 0.2) is 19.7 Å². The van der Waals surface area contributed by atoms with Crippen LogP contribution in [0.2, 0.25) is 0 Å². The fraction of sp³-hybridized carbons (Fsp3) is 0.300. The van der Waals surface area contributed by atoms with E-state index in [2.05, 4.69) is 0 Å². The van der Waals surface area contributed by atoms with Gasteiger partial charge in [-0.15, -0.1) is 0 Å². The second kappa shape index (κ2) is 8.19. The van der Waals surface area contributed by atoms with E-state index in [9.17, 15) is 26.4 Å². The predicted octanol–water partition coefficient (Wildman–Crippen LogP) is 1.46. The Morgan fingerprint density at radius 2 is 1.50 bits per heavy atom. The molecule has 10 heteroatoms. The highest BCUT2D eigenvalue weighted by Gasteiger charge is 2.35. The van der Waals surface area contributed by atoms with E-state index in [0.29, 0.717) is 6.42 Å². The number of benzene rings is 2. The minimum absolute atomic E-state index is 0.0287. The summed E-state index contributed by atoms with van der Waals surface area (Å²) in [6, 6.07) is 11.9. The monoisotopic (exact) mass is 450 g/mol. The summed E-state index contributed by atoms with van der Waals surface area (Å²) < 4.78 is 49.3. The van der Waals surface area contributed by atoms with Gasteiger partial charge in [-0.25, -0.2) is 21.8 Å². The molecule has 0 spiro atoms. The molecule has 0 saturated carbocycles. The fourth-order valence-electron chi connectivity index (χ4n) is 3.25. The van der Waals surface area contributed by atoms with Gasteiger partial charge in [0.25, 0.3) is 11.8 Å². The Labute approximate surface area is 175 Å². The highest BCUT2D eigenvalue weighted by Crippen LogP contribution is 2.22. The molecule has 0 aliphatic carbocycles. The van der Waals surface area contributed by atoms with Gasteiger partial charge in [0, 0.05) is 19.3 Å². The van der Waals surface area contributed by atoms with Gasteiger partial charge in [0.1, 0.15) is 5.75 Å². The molecule has 1 heterocycles. The number of hydrazine groups is 1. The maximum Gasteiger partial charge on any atom is 0.273 e. The van der Waals surface area contributed by atoms with Gasteiger partial charge in [0.2, 0.25) is 0 Å². The average Bonchev–Trinajstić information content (AvgIpc) is 3.17. The molecule has 0 radical (unpaired) electrons. The highest BCUT2D eigenvalue weighted by molar-refractivity contribution is 7.92. The third-order valence-corrected chi connectivity index (χ3v) is 7.54. The van der Waals surface area contributed by atoms with Crippen LogP contribution in [0.15, 0.2) is 58.3 Å². The van der Waals surface area contributed by atoms with Crippen LogP contribution in [0.25, 0.3) is 0 Å². The molecule has 1 saturated heterocycles. The van der Waals surface area contributed by atoms with Crippen LogP contribution >= 0.6 is 0 Å². The predicted molar refractivity (Wildman–Crippen MR) is 110 cm³/mol. The lowest BCUT2D eigenvalue weighted by atomic mass is 10.2. The number of carbonyl (C=O) groups excluding carboxylic acids is 2. The molecule has 2 amide bonds. The van der Waals surface area contributed by atoms with E-state index in [-0.39, 0.29) is 28.4 Å². The summed E-state index contributed by atoms with van der Waals surface area (Å²) in [4.78, 5) is 25.7. The molecule has 1 aliphatic rings. The zero-order valence-corrected chi connectivity index (χ0v) is 18.2. The van der Waals surface area contributed by atoms with E-state index in [4.69, 9.17) is 0 Å². The molecule has 8 nitrogen and oxygen atoms in total. The number of nitrogens with zero attached hydrogens (tertiary/aromatic N) is 2. The molecule has 1 aliphatic heterocycles. The molecule has 2 aromatic rings. The molecular weight excluding hydrogens is 428 g/mol. The zero-order valence-electron chi connectivity index (χ0n) is 16.6. The largest absolute Gasteiger partial charge is 0.273 e. The Balaban J connectivity index is 1.85. The van der Waals surface area contributed by atoms with Crippen LogP contribution in [0.3, 0.4) is 0 Å². The first-order valence-corrected chi connectivity index (χ1v) is 12.8. The number of carbonyl (C=O) groups is 2. The molecule has 0 aromatic heterocycles. The van der Waals surface area contributed by atoms with Gasteiger partial charge in [0.05, 0.1) is 15.4 Å². The summed E-state index contributed by atoms with van der Waals surface area (Å²) in [6.07, 6.45) is 1.46. The minimum atomic E-state index is -3.88. The summed E-state index contributed by atoms with van der Waals surface area (Å²) in [5.41, 5.74) is 0.835. The van der Waals surface area contributed by atoms with Crippen LogP contribution < -0.4 is 0 Å². The molecule has 30 heavy (non-hydrogen) atoms. The molecule has 0 unspecified atom stereocenters. The van der Waals surface area contributed by atoms with Crippen molar-refractivity contribution in [3.63, 3.8) is 0 Å². The van der Waals surface area contributed by atoms with Crippen molar-refractivity contribution in [1.29, 1.82) is 0 Å². The van der Waals surface area contributed by atoms with E-state index < -0.39 is 37.2 Å². The van der Waals surface area contributed by atoms with Gasteiger partial charge >= 0.3 is 0 Å². The van der Waals surface area contributed by atoms with Crippen LogP contribution in [0.4, 0.5) is 0 Å². The minimum Gasteiger partial charge on any atom is -0.272 e. The Kier molecular flexibility index (Phi) is 6.00. The number of aryl methyl sites for hydroxylation is 1. The Morgan fingerprint density at radius 3 is 2.13 bits per heavy atom. The van der Waals surface area contributed by atoms with Crippen LogP contribution in [-0.2, 0) is 24.5 Å². The van der Waals surface area contributed by atoms with Crippen LogP contribution in [0, 0.1) is 6.92 Å². The number of hydrogen-bond acceptors (Lipinski definition) is 6. The molecular formula is C20H22N2O6S2. The molecule has 0 N–H and O–H groups in total. The van der Waals surface area contributed by atoms with Crippen LogP contribution in [-0.4, -0.2) is 63.8 Å². The van der Waals surface area contributed by atoms with E-state index in [1.165, 1.54) is 36.4 Å². The first-order valence-electron chi connectivity index (χ1n) is 9.21. The van der Waals surface area contributed by atoms with Gasteiger partial charge < -0.3 is 0 Å². The zero-order chi connectivity index (χ0) is 22.1. The maximum atomic E-state index is 13.0. The van der Waals surface area contributed by atoms with Crippen molar-refractivity contribution >= 4 is 31.5 Å². The van der Waals surface area contributed by atoms with Crippen molar-refractivity contribution < 1.29 is 26.4 Å². The number of sulfone groups is 2. The van der Waals surface area contributed by atoms with Crippen molar-refractivity contribution in [2.75, 3.05) is 25.1 Å². The van der Waals surface area contributed by atoms with Gasteiger partial charge in [-0.2, -0.15) is 0 Å². The lowest BCUT2D eigenvalue weighted by Gasteiger charge is -2.28. The number of rotatable bonds is 5. The summed E-state index contributed by atoms with van der Waals surface area (Å²) in [5.74, 6) is -2.18. The highest BCUT2D eigenvalue weighted by atomic mass is 32.2. The van der Waals surface area contributed by atoms with E-state index in [0.717, 1.165) is 21.8 Å². The molecule has 160 valence electrons. The first-order chi connectivity index (χ1) is 14.0. The van der Waals surface area contributed by atoms with Crippen LogP contribution in [0.1, 0.15) is 22.3 Å². The van der Waals surface area contributed by atoms with Gasteiger partial charge in [-0.05, 0) is 37.6 Å². The number of amides is 2. The summed E-state index contributed by atoms with van der Waals surface area (Å²) in [6.45, 7) is 2.19. The quantitative estimate of drug-likeness (QED) is 0.682. The van der Waals surface area contributed by atoms with Gasteiger partial charge in [-0.3, -0.25) is 14.6 Å². The Hall–Kier alpha value is -2.72. The standard InChI is InChI=1S/C20H22N2O6S2/c1-15-8-10-16(11-9-15)30(27,28)14-19(23)21-12-5-13-22(21)20(24)17-6-3-4-7-18(17)29(2,25)26/h3-4,6-11H,5,12-14H2,1-2H3. The third-order valence-electron chi connectivity index (χ3n) is 4.76. The van der Waals surface area contributed by atoms with Crippen molar-refractivity contribution in [2.24, 2.45) is 0 Å². The molecule has 0 atom stereocenters. The fourth-order valence-corrected chi connectivity index (χ4v) is 5.33.